The van der Waals surface area contributed by atoms with Crippen molar-refractivity contribution in [3.8, 4) is 11.5 Å². The molecule has 0 aliphatic rings. The molecule has 0 saturated carbocycles. The van der Waals surface area contributed by atoms with Crippen LogP contribution in [0.25, 0.3) is 6.08 Å². The van der Waals surface area contributed by atoms with Crippen LogP contribution >= 0.6 is 11.6 Å². The first-order valence-corrected chi connectivity index (χ1v) is 6.28. The van der Waals surface area contributed by atoms with E-state index >= 15 is 0 Å². The second-order valence-electron chi connectivity index (χ2n) is 4.17. The van der Waals surface area contributed by atoms with Crippen LogP contribution in [0.2, 0.25) is 5.02 Å². The van der Waals surface area contributed by atoms with Crippen LogP contribution in [0.4, 0.5) is 0 Å². The van der Waals surface area contributed by atoms with Gasteiger partial charge < -0.3 is 4.74 Å². The Hall–Kier alpha value is -2.33. The molecule has 0 radical (unpaired) electrons. The van der Waals surface area contributed by atoms with Crippen molar-refractivity contribution < 1.29 is 9.66 Å². The van der Waals surface area contributed by atoms with E-state index in [1.807, 2.05) is 0 Å². The van der Waals surface area contributed by atoms with Gasteiger partial charge in [0, 0.05) is 18.0 Å². The van der Waals surface area contributed by atoms with Crippen LogP contribution in [-0.4, -0.2) is 4.92 Å². The number of rotatable bonds is 4. The monoisotopic (exact) mass is 289 g/mol. The van der Waals surface area contributed by atoms with Crippen LogP contribution in [0, 0.1) is 10.1 Å². The van der Waals surface area contributed by atoms with Crippen LogP contribution in [0.15, 0.2) is 54.2 Å². The van der Waals surface area contributed by atoms with Crippen molar-refractivity contribution in [3.63, 3.8) is 0 Å². The van der Waals surface area contributed by atoms with E-state index in [1.54, 1.807) is 48.5 Å². The Balaban J connectivity index is 2.10. The Morgan fingerprint density at radius 2 is 1.60 bits per heavy atom. The maximum absolute atomic E-state index is 10.5. The van der Waals surface area contributed by atoms with Crippen LogP contribution in [0.3, 0.4) is 0 Å². The van der Waals surface area contributed by atoms with E-state index in [4.69, 9.17) is 16.3 Å². The molecule has 0 atom stereocenters. The van der Waals surface area contributed by atoms with Crippen molar-refractivity contribution in [2.45, 2.75) is 6.92 Å². The summed E-state index contributed by atoms with van der Waals surface area (Å²) in [6, 6.07) is 14.1. The molecule has 2 aromatic carbocycles. The highest BCUT2D eigenvalue weighted by atomic mass is 35.5. The highest BCUT2D eigenvalue weighted by molar-refractivity contribution is 6.30. The Morgan fingerprint density at radius 3 is 2.10 bits per heavy atom. The SMILES string of the molecule is C/C(=C\c1ccc(Oc2ccc(Cl)cc2)cc1)[N+](=O)[O-]. The highest BCUT2D eigenvalue weighted by Crippen LogP contribution is 2.23. The molecule has 0 bridgehead atoms. The topological polar surface area (TPSA) is 52.4 Å². The van der Waals surface area contributed by atoms with E-state index in [0.717, 1.165) is 5.56 Å². The fourth-order valence-corrected chi connectivity index (χ4v) is 1.69. The largest absolute Gasteiger partial charge is 0.457 e. The van der Waals surface area contributed by atoms with Gasteiger partial charge in [-0.2, -0.15) is 0 Å². The van der Waals surface area contributed by atoms with Crippen molar-refractivity contribution in [1.29, 1.82) is 0 Å². The summed E-state index contributed by atoms with van der Waals surface area (Å²) in [5, 5.41) is 11.2. The van der Waals surface area contributed by atoms with E-state index < -0.39 is 4.92 Å². The third-order valence-electron chi connectivity index (χ3n) is 2.59. The zero-order valence-electron chi connectivity index (χ0n) is 10.7. The minimum atomic E-state index is -0.419. The number of ether oxygens (including phenoxy) is 1. The summed E-state index contributed by atoms with van der Waals surface area (Å²) in [6.07, 6.45) is 1.51. The van der Waals surface area contributed by atoms with Gasteiger partial charge in [0.1, 0.15) is 11.5 Å². The minimum absolute atomic E-state index is 0.0939. The highest BCUT2D eigenvalue weighted by Gasteiger charge is 2.02. The average Bonchev–Trinajstić information content (AvgIpc) is 2.43. The molecular weight excluding hydrogens is 278 g/mol. The van der Waals surface area contributed by atoms with Crippen LogP contribution < -0.4 is 4.74 Å². The van der Waals surface area contributed by atoms with Crippen molar-refractivity contribution in [3.05, 3.63) is 74.9 Å². The number of hydrogen-bond donors (Lipinski definition) is 0. The third-order valence-corrected chi connectivity index (χ3v) is 2.84. The van der Waals surface area contributed by atoms with Gasteiger partial charge in [-0.15, -0.1) is 0 Å². The normalized spacial score (nSPS) is 11.2. The Bertz CT molecular complexity index is 633. The number of benzene rings is 2. The summed E-state index contributed by atoms with van der Waals surface area (Å²) >= 11 is 5.79. The minimum Gasteiger partial charge on any atom is -0.457 e. The van der Waals surface area contributed by atoms with Gasteiger partial charge in [0.15, 0.2) is 0 Å². The molecule has 5 heteroatoms. The average molecular weight is 290 g/mol. The Kier molecular flexibility index (Phi) is 4.38. The van der Waals surface area contributed by atoms with Gasteiger partial charge >= 0.3 is 0 Å². The number of nitrogens with zero attached hydrogens (tertiary/aromatic N) is 1. The zero-order valence-corrected chi connectivity index (χ0v) is 11.5. The Morgan fingerprint density at radius 1 is 1.10 bits per heavy atom. The second kappa shape index (κ2) is 6.21. The zero-order chi connectivity index (χ0) is 14.5. The summed E-state index contributed by atoms with van der Waals surface area (Å²) in [7, 11) is 0. The molecule has 0 aromatic heterocycles. The molecule has 0 amide bonds. The Labute approximate surface area is 121 Å². The van der Waals surface area contributed by atoms with Crippen LogP contribution in [0.1, 0.15) is 12.5 Å². The lowest BCUT2D eigenvalue weighted by molar-refractivity contribution is -0.422. The number of halogens is 1. The summed E-state index contributed by atoms with van der Waals surface area (Å²) in [5.74, 6) is 1.34. The van der Waals surface area contributed by atoms with Gasteiger partial charge in [-0.1, -0.05) is 23.7 Å². The lowest BCUT2D eigenvalue weighted by atomic mass is 10.2. The lowest BCUT2D eigenvalue weighted by Crippen LogP contribution is -1.92. The van der Waals surface area contributed by atoms with Gasteiger partial charge in [0.25, 0.3) is 0 Å². The van der Waals surface area contributed by atoms with Gasteiger partial charge in [0.2, 0.25) is 5.70 Å². The molecule has 0 unspecified atom stereocenters. The van der Waals surface area contributed by atoms with Crippen molar-refractivity contribution in [1.82, 2.24) is 0 Å². The number of allylic oxidation sites excluding steroid dienone is 1. The van der Waals surface area contributed by atoms with E-state index in [-0.39, 0.29) is 5.70 Å². The summed E-state index contributed by atoms with van der Waals surface area (Å²) < 4.78 is 5.63. The second-order valence-corrected chi connectivity index (χ2v) is 4.60. The van der Waals surface area contributed by atoms with Crippen LogP contribution in [0.5, 0.6) is 11.5 Å². The first kappa shape index (κ1) is 14.1. The van der Waals surface area contributed by atoms with Gasteiger partial charge in [0.05, 0.1) is 4.92 Å². The number of hydrogen-bond acceptors (Lipinski definition) is 3. The molecule has 0 N–H and O–H groups in total. The predicted molar refractivity (Wildman–Crippen MR) is 78.6 cm³/mol. The standard InChI is InChI=1S/C15H12ClNO3/c1-11(17(18)19)10-12-2-6-14(7-3-12)20-15-8-4-13(16)5-9-15/h2-10H,1H3/b11-10+. The fourth-order valence-electron chi connectivity index (χ4n) is 1.56. The molecule has 0 spiro atoms. The lowest BCUT2D eigenvalue weighted by Gasteiger charge is -2.05. The van der Waals surface area contributed by atoms with Gasteiger partial charge in [-0.25, -0.2) is 0 Å². The molecule has 0 aliphatic carbocycles. The molecule has 0 fully saturated rings. The molecule has 102 valence electrons. The van der Waals surface area contributed by atoms with Crippen molar-refractivity contribution in [2.75, 3.05) is 0 Å². The molecule has 2 aromatic rings. The maximum Gasteiger partial charge on any atom is 0.243 e. The quantitative estimate of drug-likeness (QED) is 0.602. The van der Waals surface area contributed by atoms with Crippen molar-refractivity contribution in [2.24, 2.45) is 0 Å². The summed E-state index contributed by atoms with van der Waals surface area (Å²) in [6.45, 7) is 1.46. The van der Waals surface area contributed by atoms with Crippen LogP contribution in [-0.2, 0) is 0 Å². The fraction of sp³-hybridized carbons (Fsp3) is 0.0667. The van der Waals surface area contributed by atoms with Gasteiger partial charge in [-0.05, 0) is 42.0 Å². The number of nitro groups is 1. The molecule has 0 saturated heterocycles. The van der Waals surface area contributed by atoms with E-state index in [0.29, 0.717) is 16.5 Å². The van der Waals surface area contributed by atoms with E-state index in [9.17, 15) is 10.1 Å². The molecular formula is C15H12ClNO3. The molecule has 4 nitrogen and oxygen atoms in total. The first-order valence-electron chi connectivity index (χ1n) is 5.91. The van der Waals surface area contributed by atoms with Gasteiger partial charge in [-0.3, -0.25) is 10.1 Å². The maximum atomic E-state index is 10.5. The summed E-state index contributed by atoms with van der Waals surface area (Å²) in [4.78, 5) is 10.1. The third kappa shape index (κ3) is 3.83. The van der Waals surface area contributed by atoms with E-state index in [2.05, 4.69) is 0 Å². The molecule has 20 heavy (non-hydrogen) atoms. The van der Waals surface area contributed by atoms with E-state index in [1.165, 1.54) is 13.0 Å². The molecule has 0 aliphatic heterocycles. The molecule has 0 heterocycles. The van der Waals surface area contributed by atoms with Crippen molar-refractivity contribution >= 4 is 17.7 Å². The smallest absolute Gasteiger partial charge is 0.243 e. The molecule has 2 rings (SSSR count). The predicted octanol–water partition coefficient (Wildman–Crippen LogP) is 4.77. The summed E-state index contributed by atoms with van der Waals surface area (Å²) in [5.41, 5.74) is 0.846. The first-order chi connectivity index (χ1) is 9.54.